The molecule has 0 N–H and O–H groups in total. The molecule has 2 heteroatoms. The van der Waals surface area contributed by atoms with Crippen LogP contribution >= 0.6 is 0 Å². The number of hydrogen-bond donors (Lipinski definition) is 0. The second kappa shape index (κ2) is 3.83. The number of fused-ring (bicyclic) bond motifs is 1. The average molecular weight is 224 g/mol. The monoisotopic (exact) mass is 224 g/mol. The molecule has 0 aromatic carbocycles. The van der Waals surface area contributed by atoms with E-state index in [1.807, 2.05) is 0 Å². The van der Waals surface area contributed by atoms with E-state index in [-0.39, 0.29) is 16.9 Å². The predicted molar refractivity (Wildman–Crippen MR) is 64.3 cm³/mol. The van der Waals surface area contributed by atoms with E-state index in [4.69, 9.17) is 4.74 Å². The van der Waals surface area contributed by atoms with Gasteiger partial charge in [-0.3, -0.25) is 4.79 Å². The molecule has 1 saturated carbocycles. The Morgan fingerprint density at radius 3 is 2.62 bits per heavy atom. The Morgan fingerprint density at radius 2 is 2.00 bits per heavy atom. The summed E-state index contributed by atoms with van der Waals surface area (Å²) in [7, 11) is 0. The first kappa shape index (κ1) is 12.1. The lowest BCUT2D eigenvalue weighted by molar-refractivity contribution is -0.193. The van der Waals surface area contributed by atoms with Crippen molar-refractivity contribution >= 4 is 5.78 Å². The third-order valence-electron chi connectivity index (χ3n) is 4.75. The van der Waals surface area contributed by atoms with Crippen molar-refractivity contribution in [1.29, 1.82) is 0 Å². The number of ether oxygens (including phenoxy) is 1. The van der Waals surface area contributed by atoms with Gasteiger partial charge in [0.1, 0.15) is 5.78 Å². The Bertz CT molecular complexity index is 295. The van der Waals surface area contributed by atoms with Crippen molar-refractivity contribution in [2.45, 2.75) is 72.0 Å². The minimum absolute atomic E-state index is 0.125. The topological polar surface area (TPSA) is 26.3 Å². The van der Waals surface area contributed by atoms with Crippen LogP contribution in [-0.4, -0.2) is 18.0 Å². The van der Waals surface area contributed by atoms with Gasteiger partial charge in [-0.05, 0) is 31.1 Å². The third-order valence-corrected chi connectivity index (χ3v) is 4.75. The zero-order chi connectivity index (χ0) is 12.0. The summed E-state index contributed by atoms with van der Waals surface area (Å²) >= 11 is 0. The Labute approximate surface area is 98.7 Å². The zero-order valence-electron chi connectivity index (χ0n) is 11.0. The SMILES string of the molecule is CCC1CCC2(C)CCC(=O)C(C)(C)[C@@H]2O1. The fourth-order valence-electron chi connectivity index (χ4n) is 3.51. The molecule has 92 valence electrons. The van der Waals surface area contributed by atoms with Crippen molar-refractivity contribution in [3.8, 4) is 0 Å². The summed E-state index contributed by atoms with van der Waals surface area (Å²) in [6.07, 6.45) is 5.68. The standard InChI is InChI=1S/C14H24O2/c1-5-10-6-8-14(4)9-7-11(15)13(2,3)12(14)16-10/h10,12H,5-9H2,1-4H3/t10?,12-,14?/m0/s1. The smallest absolute Gasteiger partial charge is 0.141 e. The van der Waals surface area contributed by atoms with Crippen LogP contribution in [0.4, 0.5) is 0 Å². The Kier molecular flexibility index (Phi) is 2.90. The van der Waals surface area contributed by atoms with E-state index in [9.17, 15) is 4.79 Å². The number of Topliss-reactive ketones (excluding diaryl/α,β-unsaturated/α-hetero) is 1. The van der Waals surface area contributed by atoms with Gasteiger partial charge in [0.15, 0.2) is 0 Å². The molecule has 2 rings (SSSR count). The van der Waals surface area contributed by atoms with Crippen LogP contribution in [0.5, 0.6) is 0 Å². The summed E-state index contributed by atoms with van der Waals surface area (Å²) in [5, 5.41) is 0. The molecular formula is C14H24O2. The maximum absolute atomic E-state index is 12.0. The summed E-state index contributed by atoms with van der Waals surface area (Å²) in [6.45, 7) is 8.60. The van der Waals surface area contributed by atoms with Gasteiger partial charge in [0.25, 0.3) is 0 Å². The van der Waals surface area contributed by atoms with Gasteiger partial charge in [-0.1, -0.05) is 27.7 Å². The molecule has 0 spiro atoms. The zero-order valence-corrected chi connectivity index (χ0v) is 11.0. The molecule has 0 radical (unpaired) electrons. The second-order valence-electron chi connectivity index (χ2n) is 6.38. The number of carbonyl (C=O) groups is 1. The summed E-state index contributed by atoms with van der Waals surface area (Å²) in [6, 6.07) is 0. The molecule has 1 aliphatic carbocycles. The highest BCUT2D eigenvalue weighted by molar-refractivity contribution is 5.85. The van der Waals surface area contributed by atoms with Crippen molar-refractivity contribution < 1.29 is 9.53 Å². The van der Waals surface area contributed by atoms with Crippen LogP contribution in [0.3, 0.4) is 0 Å². The molecule has 0 aromatic rings. The van der Waals surface area contributed by atoms with E-state index >= 15 is 0 Å². The highest BCUT2D eigenvalue weighted by atomic mass is 16.5. The van der Waals surface area contributed by atoms with Gasteiger partial charge in [-0.15, -0.1) is 0 Å². The Morgan fingerprint density at radius 1 is 1.31 bits per heavy atom. The molecule has 0 aromatic heterocycles. The van der Waals surface area contributed by atoms with Crippen LogP contribution < -0.4 is 0 Å². The second-order valence-corrected chi connectivity index (χ2v) is 6.38. The number of hydrogen-bond acceptors (Lipinski definition) is 2. The maximum atomic E-state index is 12.0. The van der Waals surface area contributed by atoms with Gasteiger partial charge in [0.05, 0.1) is 17.6 Å². The first-order chi connectivity index (χ1) is 7.40. The summed E-state index contributed by atoms with van der Waals surface area (Å²) in [4.78, 5) is 12.0. The van der Waals surface area contributed by atoms with Crippen LogP contribution in [0.15, 0.2) is 0 Å². The molecule has 0 amide bonds. The maximum Gasteiger partial charge on any atom is 0.141 e. The van der Waals surface area contributed by atoms with E-state index < -0.39 is 0 Å². The fraction of sp³-hybridized carbons (Fsp3) is 0.929. The molecule has 2 aliphatic rings. The highest BCUT2D eigenvalue weighted by Crippen LogP contribution is 2.52. The van der Waals surface area contributed by atoms with Crippen LogP contribution in [0, 0.1) is 10.8 Å². The minimum atomic E-state index is -0.291. The summed E-state index contributed by atoms with van der Waals surface area (Å²) in [5.74, 6) is 0.381. The summed E-state index contributed by atoms with van der Waals surface area (Å²) < 4.78 is 6.21. The van der Waals surface area contributed by atoms with Gasteiger partial charge in [-0.25, -0.2) is 0 Å². The van der Waals surface area contributed by atoms with Crippen molar-refractivity contribution in [1.82, 2.24) is 0 Å². The van der Waals surface area contributed by atoms with E-state index in [0.29, 0.717) is 11.9 Å². The lowest BCUT2D eigenvalue weighted by Crippen LogP contribution is -2.56. The molecular weight excluding hydrogens is 200 g/mol. The molecule has 2 unspecified atom stereocenters. The van der Waals surface area contributed by atoms with E-state index in [1.54, 1.807) is 0 Å². The highest BCUT2D eigenvalue weighted by Gasteiger charge is 2.54. The number of rotatable bonds is 1. The lowest BCUT2D eigenvalue weighted by atomic mass is 9.58. The molecule has 16 heavy (non-hydrogen) atoms. The normalized spacial score (nSPS) is 42.9. The summed E-state index contributed by atoms with van der Waals surface area (Å²) in [5.41, 5.74) is -0.0656. The predicted octanol–water partition coefficient (Wildman–Crippen LogP) is 3.34. The van der Waals surface area contributed by atoms with Crippen molar-refractivity contribution in [3.63, 3.8) is 0 Å². The van der Waals surface area contributed by atoms with Crippen molar-refractivity contribution in [3.05, 3.63) is 0 Å². The van der Waals surface area contributed by atoms with Crippen molar-refractivity contribution in [2.24, 2.45) is 10.8 Å². The van der Waals surface area contributed by atoms with Gasteiger partial charge in [0, 0.05) is 6.42 Å². The van der Waals surface area contributed by atoms with E-state index in [1.165, 1.54) is 6.42 Å². The van der Waals surface area contributed by atoms with Crippen LogP contribution in [0.25, 0.3) is 0 Å². The largest absolute Gasteiger partial charge is 0.373 e. The Hall–Kier alpha value is -0.370. The first-order valence-electron chi connectivity index (χ1n) is 6.59. The van der Waals surface area contributed by atoms with Crippen molar-refractivity contribution in [2.75, 3.05) is 0 Å². The molecule has 0 bridgehead atoms. The molecule has 1 aliphatic heterocycles. The van der Waals surface area contributed by atoms with E-state index in [2.05, 4.69) is 27.7 Å². The Balaban J connectivity index is 2.26. The fourth-order valence-corrected chi connectivity index (χ4v) is 3.51. The molecule has 2 nitrogen and oxygen atoms in total. The average Bonchev–Trinajstić information content (AvgIpc) is 2.25. The molecule has 1 saturated heterocycles. The minimum Gasteiger partial charge on any atom is -0.373 e. The van der Waals surface area contributed by atoms with E-state index in [0.717, 1.165) is 25.7 Å². The van der Waals surface area contributed by atoms with Gasteiger partial charge >= 0.3 is 0 Å². The molecule has 1 heterocycles. The first-order valence-corrected chi connectivity index (χ1v) is 6.59. The number of ketones is 1. The van der Waals surface area contributed by atoms with Crippen LogP contribution in [0.1, 0.15) is 59.8 Å². The lowest BCUT2D eigenvalue weighted by Gasteiger charge is -2.53. The number of carbonyl (C=O) groups excluding carboxylic acids is 1. The van der Waals surface area contributed by atoms with Crippen LogP contribution in [0.2, 0.25) is 0 Å². The quantitative estimate of drug-likeness (QED) is 0.683. The third kappa shape index (κ3) is 1.71. The van der Waals surface area contributed by atoms with Gasteiger partial charge in [-0.2, -0.15) is 0 Å². The molecule has 3 atom stereocenters. The van der Waals surface area contributed by atoms with Gasteiger partial charge in [0.2, 0.25) is 0 Å². The van der Waals surface area contributed by atoms with Gasteiger partial charge < -0.3 is 4.74 Å². The molecule has 2 fully saturated rings. The van der Waals surface area contributed by atoms with Crippen LogP contribution in [-0.2, 0) is 9.53 Å².